The number of aliphatic hydroxyl groups is 4. The number of methoxy groups -OCH3 is 1. The first kappa shape index (κ1) is 21.4. The van der Waals surface area contributed by atoms with Crippen LogP contribution in [0, 0.1) is 17.3 Å². The summed E-state index contributed by atoms with van der Waals surface area (Å²) >= 11 is 0. The molecule has 2 aliphatic heterocycles. The number of fused-ring (bicyclic) bond motifs is 1. The summed E-state index contributed by atoms with van der Waals surface area (Å²) in [4.78, 5) is 0. The predicted molar refractivity (Wildman–Crippen MR) is 94.8 cm³/mol. The third-order valence-corrected chi connectivity index (χ3v) is 6.57. The first-order valence-electron chi connectivity index (χ1n) is 9.80. The zero-order valence-electron chi connectivity index (χ0n) is 16.5. The standard InChI is InChI=1S/C19H34O8/c1-9-18(23)19(2,3)6-13(26-9)27-17-15(22)14(21)11-5-10(7-20)25-8-12(11)16(17)24-4/h9-18,20-23H,5-8H2,1-4H3. The maximum atomic E-state index is 10.8. The second-order valence-electron chi connectivity index (χ2n) is 8.89. The van der Waals surface area contributed by atoms with Gasteiger partial charge in [-0.3, -0.25) is 0 Å². The second-order valence-corrected chi connectivity index (χ2v) is 8.89. The van der Waals surface area contributed by atoms with E-state index in [2.05, 4.69) is 0 Å². The summed E-state index contributed by atoms with van der Waals surface area (Å²) < 4.78 is 23.2. The minimum Gasteiger partial charge on any atom is -0.394 e. The van der Waals surface area contributed by atoms with E-state index < -0.39 is 48.3 Å². The molecule has 10 unspecified atom stereocenters. The summed E-state index contributed by atoms with van der Waals surface area (Å²) in [5.41, 5.74) is -0.395. The maximum Gasteiger partial charge on any atom is 0.159 e. The van der Waals surface area contributed by atoms with Crippen molar-refractivity contribution in [2.45, 2.75) is 82.6 Å². The number of hydrogen-bond acceptors (Lipinski definition) is 8. The van der Waals surface area contributed by atoms with E-state index >= 15 is 0 Å². The van der Waals surface area contributed by atoms with E-state index in [0.29, 0.717) is 19.4 Å². The first-order valence-corrected chi connectivity index (χ1v) is 9.80. The van der Waals surface area contributed by atoms with E-state index in [4.69, 9.17) is 18.9 Å². The normalized spacial score (nSPS) is 50.2. The van der Waals surface area contributed by atoms with Gasteiger partial charge in [-0.15, -0.1) is 0 Å². The van der Waals surface area contributed by atoms with E-state index in [0.717, 1.165) is 0 Å². The Morgan fingerprint density at radius 2 is 1.78 bits per heavy atom. The molecule has 1 saturated carbocycles. The van der Waals surface area contributed by atoms with Gasteiger partial charge in [0.05, 0.1) is 43.7 Å². The fourth-order valence-electron chi connectivity index (χ4n) is 4.93. The van der Waals surface area contributed by atoms with Crippen LogP contribution in [0.3, 0.4) is 0 Å². The van der Waals surface area contributed by atoms with Gasteiger partial charge in [0.15, 0.2) is 6.29 Å². The highest BCUT2D eigenvalue weighted by Crippen LogP contribution is 2.43. The van der Waals surface area contributed by atoms with Crippen molar-refractivity contribution in [1.29, 1.82) is 0 Å². The second kappa shape index (κ2) is 8.20. The van der Waals surface area contributed by atoms with Crippen molar-refractivity contribution in [2.24, 2.45) is 17.3 Å². The third-order valence-electron chi connectivity index (χ3n) is 6.57. The van der Waals surface area contributed by atoms with Crippen LogP contribution in [-0.2, 0) is 18.9 Å². The topological polar surface area (TPSA) is 118 Å². The van der Waals surface area contributed by atoms with Gasteiger partial charge in [-0.1, -0.05) is 13.8 Å². The number of hydrogen-bond donors (Lipinski definition) is 4. The fraction of sp³-hybridized carbons (Fsp3) is 1.00. The molecule has 158 valence electrons. The van der Waals surface area contributed by atoms with Crippen LogP contribution in [0.5, 0.6) is 0 Å². The van der Waals surface area contributed by atoms with Crippen molar-refractivity contribution in [3.63, 3.8) is 0 Å². The van der Waals surface area contributed by atoms with Gasteiger partial charge in [-0.2, -0.15) is 0 Å². The van der Waals surface area contributed by atoms with E-state index in [9.17, 15) is 20.4 Å². The predicted octanol–water partition coefficient (Wildman–Crippen LogP) is -0.342. The van der Waals surface area contributed by atoms with Gasteiger partial charge in [0.2, 0.25) is 0 Å². The molecule has 0 amide bonds. The van der Waals surface area contributed by atoms with Crippen molar-refractivity contribution in [1.82, 2.24) is 0 Å². The first-order chi connectivity index (χ1) is 12.7. The molecule has 1 aliphatic carbocycles. The molecule has 0 aromatic carbocycles. The summed E-state index contributed by atoms with van der Waals surface area (Å²) in [7, 11) is 1.55. The van der Waals surface area contributed by atoms with Crippen molar-refractivity contribution >= 4 is 0 Å². The minimum atomic E-state index is -1.14. The Morgan fingerprint density at radius 1 is 1.07 bits per heavy atom. The Kier molecular flexibility index (Phi) is 6.49. The van der Waals surface area contributed by atoms with E-state index in [-0.39, 0.29) is 24.5 Å². The Morgan fingerprint density at radius 3 is 2.37 bits per heavy atom. The van der Waals surface area contributed by atoms with Gasteiger partial charge in [0.1, 0.15) is 12.2 Å². The van der Waals surface area contributed by atoms with E-state index in [1.807, 2.05) is 13.8 Å². The zero-order chi connectivity index (χ0) is 19.9. The highest BCUT2D eigenvalue weighted by molar-refractivity contribution is 5.02. The van der Waals surface area contributed by atoms with Crippen molar-refractivity contribution < 1.29 is 39.4 Å². The van der Waals surface area contributed by atoms with Crippen LogP contribution in [0.4, 0.5) is 0 Å². The Labute approximate surface area is 160 Å². The van der Waals surface area contributed by atoms with Crippen LogP contribution in [0.15, 0.2) is 0 Å². The summed E-state index contributed by atoms with van der Waals surface area (Å²) in [6.45, 7) is 5.90. The van der Waals surface area contributed by atoms with Gasteiger partial charge in [-0.25, -0.2) is 0 Å². The van der Waals surface area contributed by atoms with Crippen LogP contribution < -0.4 is 0 Å². The number of aliphatic hydroxyl groups excluding tert-OH is 4. The lowest BCUT2D eigenvalue weighted by molar-refractivity contribution is -0.311. The molecule has 10 atom stereocenters. The maximum absolute atomic E-state index is 10.8. The molecule has 0 radical (unpaired) electrons. The molecule has 3 aliphatic rings. The lowest BCUT2D eigenvalue weighted by atomic mass is 9.69. The lowest BCUT2D eigenvalue weighted by Gasteiger charge is -2.52. The Hall–Kier alpha value is -0.320. The molecular formula is C19H34O8. The molecule has 0 aromatic rings. The molecular weight excluding hydrogens is 356 g/mol. The Balaban J connectivity index is 1.75. The van der Waals surface area contributed by atoms with Crippen LogP contribution in [0.2, 0.25) is 0 Å². The molecule has 3 fully saturated rings. The van der Waals surface area contributed by atoms with E-state index in [1.54, 1.807) is 14.0 Å². The van der Waals surface area contributed by atoms with Crippen molar-refractivity contribution in [3.05, 3.63) is 0 Å². The van der Waals surface area contributed by atoms with Crippen molar-refractivity contribution in [2.75, 3.05) is 20.3 Å². The monoisotopic (exact) mass is 390 g/mol. The van der Waals surface area contributed by atoms with Crippen LogP contribution in [0.1, 0.15) is 33.6 Å². The molecule has 4 N–H and O–H groups in total. The average Bonchev–Trinajstić information content (AvgIpc) is 2.63. The quantitative estimate of drug-likeness (QED) is 0.515. The van der Waals surface area contributed by atoms with Gasteiger partial charge in [-0.05, 0) is 24.7 Å². The minimum absolute atomic E-state index is 0.116. The third kappa shape index (κ3) is 4.04. The van der Waals surface area contributed by atoms with Gasteiger partial charge in [0, 0.05) is 19.4 Å². The highest BCUT2D eigenvalue weighted by Gasteiger charge is 2.54. The van der Waals surface area contributed by atoms with Crippen LogP contribution in [0.25, 0.3) is 0 Å². The molecule has 0 bridgehead atoms. The van der Waals surface area contributed by atoms with E-state index in [1.165, 1.54) is 0 Å². The summed E-state index contributed by atoms with van der Waals surface area (Å²) in [5.74, 6) is -0.388. The molecule has 0 aromatic heterocycles. The van der Waals surface area contributed by atoms with Gasteiger partial charge in [0.25, 0.3) is 0 Å². The SMILES string of the molecule is COC1C2COC(CO)CC2C(O)C(O)C1OC1CC(C)(C)C(O)C(C)O1. The average molecular weight is 390 g/mol. The largest absolute Gasteiger partial charge is 0.394 e. The smallest absolute Gasteiger partial charge is 0.159 e. The van der Waals surface area contributed by atoms with Crippen LogP contribution in [-0.4, -0.2) is 89.8 Å². The number of rotatable bonds is 4. The summed E-state index contributed by atoms with van der Waals surface area (Å²) in [6.07, 6.45) is -4.42. The highest BCUT2D eigenvalue weighted by atomic mass is 16.7. The zero-order valence-corrected chi connectivity index (χ0v) is 16.5. The molecule has 0 spiro atoms. The molecule has 3 rings (SSSR count). The lowest BCUT2D eigenvalue weighted by Crippen LogP contribution is -2.64. The molecule has 27 heavy (non-hydrogen) atoms. The molecule has 8 heteroatoms. The fourth-order valence-corrected chi connectivity index (χ4v) is 4.93. The summed E-state index contributed by atoms with van der Waals surface area (Å²) in [5, 5.41) is 41.1. The van der Waals surface area contributed by atoms with Gasteiger partial charge < -0.3 is 39.4 Å². The van der Waals surface area contributed by atoms with Crippen LogP contribution >= 0.6 is 0 Å². The molecule has 8 nitrogen and oxygen atoms in total. The van der Waals surface area contributed by atoms with Crippen molar-refractivity contribution in [3.8, 4) is 0 Å². The van der Waals surface area contributed by atoms with Gasteiger partial charge >= 0.3 is 0 Å². The molecule has 2 saturated heterocycles. The summed E-state index contributed by atoms with van der Waals surface area (Å²) in [6, 6.07) is 0. The Bertz CT molecular complexity index is 500. The number of ether oxygens (including phenoxy) is 4. The molecule has 2 heterocycles.